The first-order chi connectivity index (χ1) is 9.48. The lowest BCUT2D eigenvalue weighted by molar-refractivity contribution is 0.400. The van der Waals surface area contributed by atoms with Crippen molar-refractivity contribution in [1.29, 1.82) is 0 Å². The van der Waals surface area contributed by atoms with Crippen LogP contribution in [0.4, 0.5) is 0 Å². The van der Waals surface area contributed by atoms with Crippen LogP contribution in [0.2, 0.25) is 0 Å². The Kier molecular flexibility index (Phi) is 3.57. The number of hydrogen-bond acceptors (Lipinski definition) is 3. The smallest absolute Gasteiger partial charge is 0.134 e. The third kappa shape index (κ3) is 2.73. The molecule has 1 aromatic heterocycles. The molecule has 0 saturated heterocycles. The van der Waals surface area contributed by atoms with E-state index < -0.39 is 0 Å². The first-order valence-electron chi connectivity index (χ1n) is 8.08. The van der Waals surface area contributed by atoms with Gasteiger partial charge in [-0.05, 0) is 57.1 Å². The first kappa shape index (κ1) is 14.0. The lowest BCUT2D eigenvalue weighted by Crippen LogP contribution is -2.32. The summed E-state index contributed by atoms with van der Waals surface area (Å²) in [6, 6.07) is 0.575. The molecule has 2 aliphatic carbocycles. The van der Waals surface area contributed by atoms with Crippen molar-refractivity contribution in [2.75, 3.05) is 6.54 Å². The molecule has 0 aliphatic heterocycles. The van der Waals surface area contributed by atoms with Crippen molar-refractivity contribution in [2.45, 2.75) is 71.3 Å². The molecule has 1 fully saturated rings. The highest BCUT2D eigenvalue weighted by molar-refractivity contribution is 5.31. The van der Waals surface area contributed by atoms with Crippen molar-refractivity contribution in [3.63, 3.8) is 0 Å². The topological polar surface area (TPSA) is 37.8 Å². The summed E-state index contributed by atoms with van der Waals surface area (Å²) in [5.41, 5.74) is 4.28. The molecule has 1 atom stereocenters. The van der Waals surface area contributed by atoms with E-state index in [0.29, 0.717) is 6.04 Å². The third-order valence-electron chi connectivity index (χ3n) is 4.94. The molecule has 0 aromatic carbocycles. The van der Waals surface area contributed by atoms with Crippen LogP contribution in [-0.2, 0) is 18.3 Å². The summed E-state index contributed by atoms with van der Waals surface area (Å²) in [5, 5.41) is 3.57. The van der Waals surface area contributed by atoms with Crippen molar-refractivity contribution >= 4 is 0 Å². The van der Waals surface area contributed by atoms with Gasteiger partial charge < -0.3 is 5.32 Å². The molecule has 3 heteroatoms. The van der Waals surface area contributed by atoms with Gasteiger partial charge in [0, 0.05) is 22.8 Å². The van der Waals surface area contributed by atoms with Crippen molar-refractivity contribution in [3.8, 4) is 0 Å². The van der Waals surface area contributed by atoms with Gasteiger partial charge in [-0.1, -0.05) is 20.8 Å². The zero-order valence-electron chi connectivity index (χ0n) is 13.3. The number of aryl methyl sites for hydroxylation is 2. The maximum absolute atomic E-state index is 4.91. The van der Waals surface area contributed by atoms with Gasteiger partial charge in [-0.25, -0.2) is 9.97 Å². The molecule has 0 radical (unpaired) electrons. The number of nitrogens with zero attached hydrogens (tertiary/aromatic N) is 2. The molecule has 110 valence electrons. The Morgan fingerprint density at radius 3 is 2.70 bits per heavy atom. The molecule has 0 bridgehead atoms. The van der Waals surface area contributed by atoms with E-state index in [1.807, 2.05) is 0 Å². The van der Waals surface area contributed by atoms with E-state index >= 15 is 0 Å². The minimum Gasteiger partial charge on any atom is -0.314 e. The van der Waals surface area contributed by atoms with Crippen LogP contribution in [0.3, 0.4) is 0 Å². The summed E-state index contributed by atoms with van der Waals surface area (Å²) in [6.45, 7) is 10.0. The maximum Gasteiger partial charge on any atom is 0.134 e. The predicted molar refractivity (Wildman–Crippen MR) is 82.0 cm³/mol. The molecule has 1 unspecified atom stereocenters. The fourth-order valence-electron chi connectivity index (χ4n) is 3.12. The van der Waals surface area contributed by atoms with Gasteiger partial charge >= 0.3 is 0 Å². The third-order valence-corrected chi connectivity index (χ3v) is 4.94. The summed E-state index contributed by atoms with van der Waals surface area (Å²) in [5.74, 6) is 1.85. The highest BCUT2D eigenvalue weighted by Gasteiger charge is 2.42. The van der Waals surface area contributed by atoms with Gasteiger partial charge in [-0.2, -0.15) is 0 Å². The van der Waals surface area contributed by atoms with Crippen molar-refractivity contribution in [2.24, 2.45) is 5.92 Å². The minimum atomic E-state index is 0.288. The Bertz CT molecular complexity index is 503. The van der Waals surface area contributed by atoms with Gasteiger partial charge in [0.1, 0.15) is 5.82 Å². The molecule has 1 N–H and O–H groups in total. The second kappa shape index (κ2) is 5.10. The summed E-state index contributed by atoms with van der Waals surface area (Å²) in [4.78, 5) is 9.72. The van der Waals surface area contributed by atoms with Gasteiger partial charge in [0.25, 0.3) is 0 Å². The Labute approximate surface area is 122 Å². The van der Waals surface area contributed by atoms with Crippen LogP contribution in [0.25, 0.3) is 0 Å². The predicted octanol–water partition coefficient (Wildman–Crippen LogP) is 2.94. The van der Waals surface area contributed by atoms with Crippen molar-refractivity contribution < 1.29 is 0 Å². The number of aromatic nitrogens is 2. The van der Waals surface area contributed by atoms with Crippen LogP contribution in [0, 0.1) is 12.8 Å². The molecule has 1 saturated carbocycles. The Morgan fingerprint density at radius 1 is 1.30 bits per heavy atom. The highest BCUT2D eigenvalue weighted by Crippen LogP contribution is 2.46. The van der Waals surface area contributed by atoms with Crippen LogP contribution < -0.4 is 5.32 Å². The summed E-state index contributed by atoms with van der Waals surface area (Å²) in [7, 11) is 0. The number of nitrogens with one attached hydrogen (secondary N) is 1. The molecule has 3 nitrogen and oxygen atoms in total. The Hall–Kier alpha value is -0.960. The average Bonchev–Trinajstić information content (AvgIpc) is 3.16. The molecular weight excluding hydrogens is 246 g/mol. The zero-order valence-corrected chi connectivity index (χ0v) is 13.3. The second-order valence-electron chi connectivity index (χ2n) is 7.29. The Morgan fingerprint density at radius 2 is 2.05 bits per heavy atom. The van der Waals surface area contributed by atoms with Gasteiger partial charge in [-0.15, -0.1) is 0 Å². The fraction of sp³-hybridized carbons (Fsp3) is 0.765. The number of hydrogen-bond donors (Lipinski definition) is 1. The van der Waals surface area contributed by atoms with Crippen LogP contribution in [0.5, 0.6) is 0 Å². The van der Waals surface area contributed by atoms with Gasteiger partial charge in [0.05, 0.1) is 0 Å². The van der Waals surface area contributed by atoms with Crippen LogP contribution in [0.1, 0.15) is 62.8 Å². The molecule has 1 heterocycles. The SMILES string of the molecule is Cc1nc(C2(C)CC2)nc2c1CC(CNC(C)C)CC2. The van der Waals surface area contributed by atoms with E-state index in [-0.39, 0.29) is 5.41 Å². The van der Waals surface area contributed by atoms with Crippen LogP contribution in [-0.4, -0.2) is 22.6 Å². The van der Waals surface area contributed by atoms with E-state index in [1.54, 1.807) is 0 Å². The molecule has 0 spiro atoms. The summed E-state index contributed by atoms with van der Waals surface area (Å²) < 4.78 is 0. The molecule has 3 rings (SSSR count). The normalized spacial score (nSPS) is 23.8. The van der Waals surface area contributed by atoms with Crippen LogP contribution in [0.15, 0.2) is 0 Å². The number of fused-ring (bicyclic) bond motifs is 1. The van der Waals surface area contributed by atoms with Crippen molar-refractivity contribution in [3.05, 3.63) is 22.8 Å². The zero-order chi connectivity index (χ0) is 14.3. The monoisotopic (exact) mass is 273 g/mol. The molecular formula is C17H27N3. The largest absolute Gasteiger partial charge is 0.314 e. The van der Waals surface area contributed by atoms with E-state index in [0.717, 1.165) is 31.1 Å². The van der Waals surface area contributed by atoms with Gasteiger partial charge in [0.2, 0.25) is 0 Å². The summed E-state index contributed by atoms with van der Waals surface area (Å²) >= 11 is 0. The molecule has 1 aromatic rings. The average molecular weight is 273 g/mol. The van der Waals surface area contributed by atoms with E-state index in [4.69, 9.17) is 9.97 Å². The quantitative estimate of drug-likeness (QED) is 0.916. The van der Waals surface area contributed by atoms with E-state index in [2.05, 4.69) is 33.0 Å². The van der Waals surface area contributed by atoms with E-state index in [9.17, 15) is 0 Å². The molecule has 2 aliphatic rings. The lowest BCUT2D eigenvalue weighted by Gasteiger charge is -2.27. The van der Waals surface area contributed by atoms with Gasteiger partial charge in [0.15, 0.2) is 0 Å². The standard InChI is InChI=1S/C17H27N3/c1-11(2)18-10-13-5-6-15-14(9-13)12(3)19-16(20-15)17(4)7-8-17/h11,13,18H,5-10H2,1-4H3. The highest BCUT2D eigenvalue weighted by atomic mass is 14.9. The van der Waals surface area contributed by atoms with Crippen LogP contribution >= 0.6 is 0 Å². The fourth-order valence-corrected chi connectivity index (χ4v) is 3.12. The second-order valence-corrected chi connectivity index (χ2v) is 7.29. The summed E-state index contributed by atoms with van der Waals surface area (Å²) in [6.07, 6.45) is 6.06. The Balaban J connectivity index is 1.77. The molecule has 0 amide bonds. The van der Waals surface area contributed by atoms with Gasteiger partial charge in [-0.3, -0.25) is 0 Å². The number of rotatable bonds is 4. The lowest BCUT2D eigenvalue weighted by atomic mass is 9.85. The van der Waals surface area contributed by atoms with Crippen molar-refractivity contribution in [1.82, 2.24) is 15.3 Å². The maximum atomic E-state index is 4.91. The minimum absolute atomic E-state index is 0.288. The van der Waals surface area contributed by atoms with E-state index in [1.165, 1.54) is 36.2 Å². The first-order valence-corrected chi connectivity index (χ1v) is 8.08. The molecule has 20 heavy (non-hydrogen) atoms.